The molecule has 1 aliphatic rings. The minimum atomic E-state index is -0.158. The van der Waals surface area contributed by atoms with Crippen molar-refractivity contribution in [2.45, 2.75) is 12.8 Å². The van der Waals surface area contributed by atoms with Crippen LogP contribution in [0.4, 0.5) is 11.5 Å². The smallest absolute Gasteiger partial charge is 0.256 e. The third kappa shape index (κ3) is 2.54. The predicted octanol–water partition coefficient (Wildman–Crippen LogP) is 2.09. The van der Waals surface area contributed by atoms with Crippen molar-refractivity contribution in [3.63, 3.8) is 0 Å². The molecule has 3 rings (SSSR count). The molecule has 0 saturated carbocycles. The van der Waals surface area contributed by atoms with Gasteiger partial charge in [0.15, 0.2) is 5.82 Å². The maximum absolute atomic E-state index is 12.1. The zero-order valence-corrected chi connectivity index (χ0v) is 10.4. The van der Waals surface area contributed by atoms with Crippen LogP contribution in [0.3, 0.4) is 0 Å². The Hall–Kier alpha value is -2.43. The van der Waals surface area contributed by atoms with Crippen molar-refractivity contribution in [1.29, 1.82) is 0 Å². The molecule has 1 amide bonds. The van der Waals surface area contributed by atoms with Gasteiger partial charge in [-0.3, -0.25) is 4.79 Å². The molecule has 0 bridgehead atoms. The lowest BCUT2D eigenvalue weighted by atomic mass is 10.0. The molecule has 0 saturated heterocycles. The van der Waals surface area contributed by atoms with Crippen LogP contribution in [0.1, 0.15) is 22.3 Å². The molecule has 0 spiro atoms. The van der Waals surface area contributed by atoms with Gasteiger partial charge < -0.3 is 10.6 Å². The van der Waals surface area contributed by atoms with Crippen molar-refractivity contribution in [3.05, 3.63) is 47.7 Å². The van der Waals surface area contributed by atoms with Crippen molar-refractivity contribution >= 4 is 17.4 Å². The zero-order chi connectivity index (χ0) is 13.1. The molecule has 96 valence electrons. The normalized spacial score (nSPS) is 13.3. The number of benzene rings is 1. The van der Waals surface area contributed by atoms with E-state index in [1.807, 2.05) is 18.2 Å². The molecular formula is C14H14N4O. The topological polar surface area (TPSA) is 66.9 Å². The minimum absolute atomic E-state index is 0.158. The number of carbonyl (C=O) groups is 1. The number of hydrogen-bond donors (Lipinski definition) is 2. The van der Waals surface area contributed by atoms with Gasteiger partial charge in [-0.15, -0.1) is 5.10 Å². The zero-order valence-electron chi connectivity index (χ0n) is 10.4. The van der Waals surface area contributed by atoms with Gasteiger partial charge in [0, 0.05) is 24.0 Å². The van der Waals surface area contributed by atoms with Crippen molar-refractivity contribution in [1.82, 2.24) is 10.2 Å². The van der Waals surface area contributed by atoms with Crippen LogP contribution in [-0.4, -0.2) is 22.6 Å². The van der Waals surface area contributed by atoms with Gasteiger partial charge in [0.05, 0.1) is 0 Å². The molecule has 2 heterocycles. The van der Waals surface area contributed by atoms with E-state index in [0.29, 0.717) is 11.4 Å². The van der Waals surface area contributed by atoms with Gasteiger partial charge >= 0.3 is 0 Å². The number of nitrogens with zero attached hydrogens (tertiary/aromatic N) is 2. The molecule has 1 aromatic heterocycles. The largest absolute Gasteiger partial charge is 0.385 e. The average molecular weight is 254 g/mol. The first-order chi connectivity index (χ1) is 9.33. The lowest BCUT2D eigenvalue weighted by Gasteiger charge is -2.18. The second-order valence-electron chi connectivity index (χ2n) is 4.47. The summed E-state index contributed by atoms with van der Waals surface area (Å²) < 4.78 is 0. The Kier molecular flexibility index (Phi) is 3.10. The number of anilines is 2. The highest BCUT2D eigenvalue weighted by atomic mass is 16.1. The third-order valence-electron chi connectivity index (χ3n) is 3.12. The Labute approximate surface area is 111 Å². The number of rotatable bonds is 2. The predicted molar refractivity (Wildman–Crippen MR) is 73.2 cm³/mol. The van der Waals surface area contributed by atoms with Crippen LogP contribution in [-0.2, 0) is 6.42 Å². The average Bonchev–Trinajstić information content (AvgIpc) is 2.48. The lowest BCUT2D eigenvalue weighted by Crippen LogP contribution is -2.16. The molecule has 2 N–H and O–H groups in total. The monoisotopic (exact) mass is 254 g/mol. The summed E-state index contributed by atoms with van der Waals surface area (Å²) >= 11 is 0. The first-order valence-corrected chi connectivity index (χ1v) is 6.29. The maximum atomic E-state index is 12.1. The summed E-state index contributed by atoms with van der Waals surface area (Å²) in [5.74, 6) is 0.303. The third-order valence-corrected chi connectivity index (χ3v) is 3.12. The number of fused-ring (bicyclic) bond motifs is 1. The Balaban J connectivity index is 1.80. The standard InChI is InChI=1S/C14H14N4O/c19-14(17-13-4-2-8-16-18-13)11-5-6-12-10(9-11)3-1-7-15-12/h2,4-6,8-9,15H,1,3,7H2,(H,17,18,19). The summed E-state index contributed by atoms with van der Waals surface area (Å²) in [5, 5.41) is 13.6. The summed E-state index contributed by atoms with van der Waals surface area (Å²) in [6.45, 7) is 0.998. The van der Waals surface area contributed by atoms with E-state index >= 15 is 0 Å². The van der Waals surface area contributed by atoms with Crippen molar-refractivity contribution in [3.8, 4) is 0 Å². The van der Waals surface area contributed by atoms with E-state index < -0.39 is 0 Å². The summed E-state index contributed by atoms with van der Waals surface area (Å²) in [5.41, 5.74) is 2.97. The van der Waals surface area contributed by atoms with Gasteiger partial charge in [-0.05, 0) is 48.7 Å². The number of hydrogen-bond acceptors (Lipinski definition) is 4. The molecule has 5 heteroatoms. The van der Waals surface area contributed by atoms with Crippen LogP contribution >= 0.6 is 0 Å². The van der Waals surface area contributed by atoms with Crippen LogP contribution in [0.2, 0.25) is 0 Å². The summed E-state index contributed by atoms with van der Waals surface area (Å²) in [7, 11) is 0. The van der Waals surface area contributed by atoms with Crippen LogP contribution in [0.25, 0.3) is 0 Å². The molecule has 0 atom stereocenters. The van der Waals surface area contributed by atoms with E-state index in [0.717, 1.165) is 25.1 Å². The van der Waals surface area contributed by atoms with Crippen molar-refractivity contribution in [2.75, 3.05) is 17.2 Å². The van der Waals surface area contributed by atoms with E-state index in [9.17, 15) is 4.79 Å². The number of aryl methyl sites for hydroxylation is 1. The molecule has 1 aromatic carbocycles. The number of nitrogens with one attached hydrogen (secondary N) is 2. The summed E-state index contributed by atoms with van der Waals surface area (Å²) in [6, 6.07) is 9.17. The molecule has 0 fully saturated rings. The Morgan fingerprint density at radius 1 is 1.32 bits per heavy atom. The first-order valence-electron chi connectivity index (χ1n) is 6.29. The molecule has 2 aromatic rings. The van der Waals surface area contributed by atoms with Crippen LogP contribution in [0.15, 0.2) is 36.5 Å². The Morgan fingerprint density at radius 3 is 3.11 bits per heavy atom. The van der Waals surface area contributed by atoms with E-state index in [4.69, 9.17) is 0 Å². The molecule has 19 heavy (non-hydrogen) atoms. The molecule has 0 aliphatic carbocycles. The minimum Gasteiger partial charge on any atom is -0.385 e. The molecule has 0 unspecified atom stereocenters. The van der Waals surface area contributed by atoms with Crippen molar-refractivity contribution < 1.29 is 4.79 Å². The maximum Gasteiger partial charge on any atom is 0.256 e. The molecule has 0 radical (unpaired) electrons. The number of aromatic nitrogens is 2. The lowest BCUT2D eigenvalue weighted by molar-refractivity contribution is 0.102. The van der Waals surface area contributed by atoms with Crippen LogP contribution < -0.4 is 10.6 Å². The fourth-order valence-electron chi connectivity index (χ4n) is 2.17. The number of amides is 1. The summed E-state index contributed by atoms with van der Waals surface area (Å²) in [6.07, 6.45) is 3.68. The van der Waals surface area contributed by atoms with E-state index in [2.05, 4.69) is 20.8 Å². The highest BCUT2D eigenvalue weighted by Gasteiger charge is 2.12. The van der Waals surface area contributed by atoms with E-state index in [-0.39, 0.29) is 5.91 Å². The van der Waals surface area contributed by atoms with Gasteiger partial charge in [-0.1, -0.05) is 0 Å². The van der Waals surface area contributed by atoms with Crippen LogP contribution in [0, 0.1) is 0 Å². The quantitative estimate of drug-likeness (QED) is 0.861. The van der Waals surface area contributed by atoms with Crippen molar-refractivity contribution in [2.24, 2.45) is 0 Å². The second kappa shape index (κ2) is 5.06. The van der Waals surface area contributed by atoms with Gasteiger partial charge in [0.2, 0.25) is 0 Å². The van der Waals surface area contributed by atoms with Gasteiger partial charge in [0.1, 0.15) is 0 Å². The van der Waals surface area contributed by atoms with Gasteiger partial charge in [0.25, 0.3) is 5.91 Å². The van der Waals surface area contributed by atoms with E-state index in [1.165, 1.54) is 5.56 Å². The highest BCUT2D eigenvalue weighted by molar-refractivity contribution is 6.04. The van der Waals surface area contributed by atoms with E-state index in [1.54, 1.807) is 18.3 Å². The fraction of sp³-hybridized carbons (Fsp3) is 0.214. The van der Waals surface area contributed by atoms with Gasteiger partial charge in [-0.25, -0.2) is 0 Å². The fourth-order valence-corrected chi connectivity index (χ4v) is 2.17. The highest BCUT2D eigenvalue weighted by Crippen LogP contribution is 2.23. The van der Waals surface area contributed by atoms with Gasteiger partial charge in [-0.2, -0.15) is 5.10 Å². The molecular weight excluding hydrogens is 240 g/mol. The number of carbonyl (C=O) groups excluding carboxylic acids is 1. The second-order valence-corrected chi connectivity index (χ2v) is 4.47. The SMILES string of the molecule is O=C(Nc1cccnn1)c1ccc2c(c1)CCCN2. The first kappa shape index (κ1) is 11.6. The summed E-state index contributed by atoms with van der Waals surface area (Å²) in [4.78, 5) is 12.1. The molecule has 1 aliphatic heterocycles. The Bertz CT molecular complexity index is 598. The Morgan fingerprint density at radius 2 is 2.26 bits per heavy atom. The van der Waals surface area contributed by atoms with Crippen LogP contribution in [0.5, 0.6) is 0 Å². The molecule has 5 nitrogen and oxygen atoms in total.